The molecule has 1 fully saturated rings. The molecule has 2 aromatic heterocycles. The van der Waals surface area contributed by atoms with Crippen molar-refractivity contribution in [3.05, 3.63) is 83.4 Å². The highest BCUT2D eigenvalue weighted by atomic mass is 35.5. The van der Waals surface area contributed by atoms with Crippen LogP contribution in [0.1, 0.15) is 10.4 Å². The second-order valence-corrected chi connectivity index (χ2v) is 10.0. The Morgan fingerprint density at radius 3 is 2.74 bits per heavy atom. The van der Waals surface area contributed by atoms with Crippen LogP contribution in [-0.2, 0) is 14.8 Å². The number of benzene rings is 2. The fourth-order valence-corrected chi connectivity index (χ4v) is 5.30. The van der Waals surface area contributed by atoms with Gasteiger partial charge in [-0.1, -0.05) is 11.6 Å². The number of hydrogen-bond acceptors (Lipinski definition) is 6. The third kappa shape index (κ3) is 4.55. The van der Waals surface area contributed by atoms with Crippen LogP contribution in [0.2, 0.25) is 5.02 Å². The third-order valence-corrected chi connectivity index (χ3v) is 7.36. The molecule has 0 atom stereocenters. The number of hydrogen-bond donors (Lipinski definition) is 1. The van der Waals surface area contributed by atoms with E-state index < -0.39 is 27.7 Å². The summed E-state index contributed by atoms with van der Waals surface area (Å²) in [4.78, 5) is 21.6. The summed E-state index contributed by atoms with van der Waals surface area (Å²) in [5, 5.41) is 3.88. The second kappa shape index (κ2) is 9.21. The number of sulfonamides is 1. The van der Waals surface area contributed by atoms with Gasteiger partial charge in [0.25, 0.3) is 15.9 Å². The molecule has 1 N–H and O–H groups in total. The van der Waals surface area contributed by atoms with E-state index in [4.69, 9.17) is 16.3 Å². The molecule has 3 heterocycles. The predicted molar refractivity (Wildman–Crippen MR) is 131 cm³/mol. The first-order valence-electron chi connectivity index (χ1n) is 10.5. The van der Waals surface area contributed by atoms with Gasteiger partial charge in [-0.05, 0) is 54.6 Å². The standard InChI is InChI=1S/C24H18ClFN4O4S/c25-20-6-3-15(12-19(20)23-18-2-1-8-27-22(18)7-9-28-23)29-24(31)17-5-4-16(13-21(17)26)30-10-11-34-14-35(30,32)33/h1-9,12-13H,10-11,14H2,(H,29,31). The first-order chi connectivity index (χ1) is 16.8. The number of anilines is 2. The number of ether oxygens (including phenoxy) is 1. The normalized spacial score (nSPS) is 15.2. The molecule has 5 rings (SSSR count). The van der Waals surface area contributed by atoms with Crippen LogP contribution in [0.15, 0.2) is 67.0 Å². The highest BCUT2D eigenvalue weighted by Crippen LogP contribution is 2.33. The second-order valence-electron chi connectivity index (χ2n) is 7.75. The molecule has 1 aliphatic rings. The highest BCUT2D eigenvalue weighted by Gasteiger charge is 2.28. The first-order valence-corrected chi connectivity index (χ1v) is 12.5. The Labute approximate surface area is 205 Å². The summed E-state index contributed by atoms with van der Waals surface area (Å²) < 4.78 is 45.3. The molecule has 1 saturated heterocycles. The average molecular weight is 513 g/mol. The van der Waals surface area contributed by atoms with E-state index in [1.165, 1.54) is 12.1 Å². The Hall–Kier alpha value is -3.60. The Morgan fingerprint density at radius 2 is 1.94 bits per heavy atom. The third-order valence-electron chi connectivity index (χ3n) is 5.50. The minimum atomic E-state index is -3.70. The Morgan fingerprint density at radius 1 is 1.09 bits per heavy atom. The topological polar surface area (TPSA) is 101 Å². The van der Waals surface area contributed by atoms with Crippen molar-refractivity contribution in [2.75, 3.05) is 28.7 Å². The lowest BCUT2D eigenvalue weighted by Gasteiger charge is -2.28. The molecule has 0 unspecified atom stereocenters. The van der Waals surface area contributed by atoms with E-state index in [9.17, 15) is 17.6 Å². The van der Waals surface area contributed by atoms with Gasteiger partial charge in [-0.15, -0.1) is 0 Å². The zero-order valence-corrected chi connectivity index (χ0v) is 19.7. The molecule has 0 bridgehead atoms. The van der Waals surface area contributed by atoms with Crippen molar-refractivity contribution in [3.63, 3.8) is 0 Å². The fourth-order valence-electron chi connectivity index (χ4n) is 3.85. The number of fused-ring (bicyclic) bond motifs is 1. The largest absolute Gasteiger partial charge is 0.362 e. The molecule has 0 saturated carbocycles. The number of amides is 1. The van der Waals surface area contributed by atoms with E-state index >= 15 is 0 Å². The Kier molecular flexibility index (Phi) is 6.10. The monoisotopic (exact) mass is 512 g/mol. The summed E-state index contributed by atoms with van der Waals surface area (Å²) in [5.74, 6) is -2.02. The molecular weight excluding hydrogens is 495 g/mol. The van der Waals surface area contributed by atoms with E-state index in [1.54, 1.807) is 42.7 Å². The van der Waals surface area contributed by atoms with Gasteiger partial charge in [0.2, 0.25) is 0 Å². The summed E-state index contributed by atoms with van der Waals surface area (Å²) in [7, 11) is -3.70. The lowest BCUT2D eigenvalue weighted by molar-refractivity contribution is 0.102. The maximum absolute atomic E-state index is 14.8. The predicted octanol–water partition coefficient (Wildman–Crippen LogP) is 4.47. The molecule has 35 heavy (non-hydrogen) atoms. The molecule has 0 aliphatic carbocycles. The Bertz CT molecular complexity index is 1560. The minimum Gasteiger partial charge on any atom is -0.362 e. The number of rotatable bonds is 4. The Balaban J connectivity index is 1.43. The fraction of sp³-hybridized carbons (Fsp3) is 0.125. The first kappa shape index (κ1) is 23.2. The van der Waals surface area contributed by atoms with Crippen LogP contribution in [0.25, 0.3) is 22.2 Å². The van der Waals surface area contributed by atoms with Crippen molar-refractivity contribution >= 4 is 49.8 Å². The van der Waals surface area contributed by atoms with E-state index in [2.05, 4.69) is 15.3 Å². The molecule has 11 heteroatoms. The van der Waals surface area contributed by atoms with Gasteiger partial charge in [0.15, 0.2) is 5.94 Å². The van der Waals surface area contributed by atoms with E-state index in [1.807, 2.05) is 6.07 Å². The van der Waals surface area contributed by atoms with Crippen LogP contribution in [0, 0.1) is 5.82 Å². The minimum absolute atomic E-state index is 0.0680. The van der Waals surface area contributed by atoms with Gasteiger partial charge in [0.1, 0.15) is 5.82 Å². The number of halogens is 2. The maximum Gasteiger partial charge on any atom is 0.259 e. The van der Waals surface area contributed by atoms with Crippen molar-refractivity contribution in [2.45, 2.75) is 0 Å². The molecule has 1 aliphatic heterocycles. The number of nitrogens with one attached hydrogen (secondary N) is 1. The van der Waals surface area contributed by atoms with Crippen molar-refractivity contribution in [1.29, 1.82) is 0 Å². The molecule has 178 valence electrons. The summed E-state index contributed by atoms with van der Waals surface area (Å²) >= 11 is 6.43. The van der Waals surface area contributed by atoms with Gasteiger partial charge in [-0.3, -0.25) is 19.1 Å². The van der Waals surface area contributed by atoms with E-state index in [0.29, 0.717) is 22.0 Å². The lowest BCUT2D eigenvalue weighted by Crippen LogP contribution is -2.41. The molecule has 0 spiro atoms. The zero-order chi connectivity index (χ0) is 24.6. The van der Waals surface area contributed by atoms with Crippen LogP contribution in [0.4, 0.5) is 15.8 Å². The van der Waals surface area contributed by atoms with Gasteiger partial charge in [-0.2, -0.15) is 0 Å². The zero-order valence-electron chi connectivity index (χ0n) is 18.1. The summed E-state index contributed by atoms with van der Waals surface area (Å²) in [5.41, 5.74) is 2.20. The molecule has 2 aromatic carbocycles. The van der Waals surface area contributed by atoms with Crippen LogP contribution in [0.3, 0.4) is 0 Å². The molecule has 4 aromatic rings. The summed E-state index contributed by atoms with van der Waals surface area (Å²) in [6.45, 7) is 0.266. The SMILES string of the molecule is O=C(Nc1ccc(Cl)c(-c2nccc3ncccc23)c1)c1ccc(N2CCOCS2(=O)=O)cc1F. The molecule has 1 amide bonds. The number of pyridine rings is 2. The summed E-state index contributed by atoms with van der Waals surface area (Å²) in [6.07, 6.45) is 3.30. The molecule has 8 nitrogen and oxygen atoms in total. The van der Waals surface area contributed by atoms with E-state index in [0.717, 1.165) is 21.3 Å². The van der Waals surface area contributed by atoms with Crippen molar-refractivity contribution in [1.82, 2.24) is 9.97 Å². The van der Waals surface area contributed by atoms with Crippen molar-refractivity contribution < 1.29 is 22.3 Å². The average Bonchev–Trinajstić information content (AvgIpc) is 2.84. The number of carbonyl (C=O) groups is 1. The lowest BCUT2D eigenvalue weighted by atomic mass is 10.1. The quantitative estimate of drug-likeness (QED) is 0.433. The van der Waals surface area contributed by atoms with Crippen LogP contribution in [-0.4, -0.2) is 43.4 Å². The maximum atomic E-state index is 14.8. The van der Waals surface area contributed by atoms with Gasteiger partial charge in [0, 0.05) is 29.0 Å². The molecule has 0 radical (unpaired) electrons. The summed E-state index contributed by atoms with van der Waals surface area (Å²) in [6, 6.07) is 14.0. The van der Waals surface area contributed by atoms with Crippen LogP contribution < -0.4 is 9.62 Å². The number of nitrogens with zero attached hydrogens (tertiary/aromatic N) is 3. The number of carbonyl (C=O) groups excluding carboxylic acids is 1. The smallest absolute Gasteiger partial charge is 0.259 e. The van der Waals surface area contributed by atoms with Crippen LogP contribution in [0.5, 0.6) is 0 Å². The van der Waals surface area contributed by atoms with E-state index in [-0.39, 0.29) is 24.4 Å². The van der Waals surface area contributed by atoms with Crippen molar-refractivity contribution in [2.24, 2.45) is 0 Å². The highest BCUT2D eigenvalue weighted by molar-refractivity contribution is 7.92. The van der Waals surface area contributed by atoms with Crippen molar-refractivity contribution in [3.8, 4) is 11.3 Å². The van der Waals surface area contributed by atoms with Gasteiger partial charge in [-0.25, -0.2) is 12.8 Å². The van der Waals surface area contributed by atoms with Gasteiger partial charge < -0.3 is 10.1 Å². The van der Waals surface area contributed by atoms with Gasteiger partial charge in [0.05, 0.1) is 40.6 Å². The number of aromatic nitrogens is 2. The van der Waals surface area contributed by atoms with Crippen LogP contribution >= 0.6 is 11.6 Å². The van der Waals surface area contributed by atoms with Gasteiger partial charge >= 0.3 is 0 Å². The molecular formula is C24H18ClFN4O4S.